The van der Waals surface area contributed by atoms with Crippen molar-refractivity contribution < 1.29 is 19.7 Å². The average molecular weight is 305 g/mol. The van der Waals surface area contributed by atoms with E-state index < -0.39 is 24.6 Å². The van der Waals surface area contributed by atoms with E-state index >= 15 is 0 Å². The number of hydrogen-bond donors (Lipinski definition) is 2. The van der Waals surface area contributed by atoms with Crippen molar-refractivity contribution >= 4 is 0 Å². The number of aromatic nitrogens is 3. The molecule has 4 atom stereocenters. The molecule has 0 bridgehead atoms. The zero-order valence-electron chi connectivity index (χ0n) is 12.2. The first-order valence-corrected chi connectivity index (χ1v) is 7.14. The van der Waals surface area contributed by atoms with Crippen LogP contribution in [0.1, 0.15) is 11.3 Å². The molecule has 0 unspecified atom stereocenters. The number of aliphatic hydroxyl groups excluding tert-OH is 2. The first-order valence-electron chi connectivity index (χ1n) is 7.14. The fourth-order valence-corrected chi connectivity index (χ4v) is 2.56. The van der Waals surface area contributed by atoms with Gasteiger partial charge in [0.25, 0.3) is 0 Å². The van der Waals surface area contributed by atoms with Gasteiger partial charge in [-0.1, -0.05) is 35.5 Å². The van der Waals surface area contributed by atoms with Crippen LogP contribution in [0.2, 0.25) is 0 Å². The Balaban J connectivity index is 1.62. The lowest BCUT2D eigenvalue weighted by Crippen LogP contribution is -2.34. The van der Waals surface area contributed by atoms with Crippen molar-refractivity contribution in [1.82, 2.24) is 15.0 Å². The molecule has 1 aliphatic rings. The molecule has 1 aromatic carbocycles. The minimum absolute atomic E-state index is 0.305. The molecule has 1 aromatic heterocycles. The Kier molecular flexibility index (Phi) is 4.49. The van der Waals surface area contributed by atoms with Gasteiger partial charge in [-0.3, -0.25) is 0 Å². The van der Waals surface area contributed by atoms with Crippen LogP contribution in [0.25, 0.3) is 0 Å². The van der Waals surface area contributed by atoms with E-state index in [9.17, 15) is 10.2 Å². The molecule has 1 fully saturated rings. The first kappa shape index (κ1) is 15.1. The Morgan fingerprint density at radius 1 is 1.23 bits per heavy atom. The van der Waals surface area contributed by atoms with Crippen molar-refractivity contribution in [3.8, 4) is 0 Å². The van der Waals surface area contributed by atoms with Crippen LogP contribution in [0.15, 0.2) is 36.5 Å². The number of nitrogens with zero attached hydrogens (tertiary/aromatic N) is 3. The van der Waals surface area contributed by atoms with Gasteiger partial charge in [0, 0.05) is 19.7 Å². The lowest BCUT2D eigenvalue weighted by molar-refractivity contribution is -0.150. The second kappa shape index (κ2) is 6.53. The summed E-state index contributed by atoms with van der Waals surface area (Å²) in [5.41, 5.74) is 1.99. The number of ether oxygens (including phenoxy) is 2. The SMILES string of the molecule is CO[C@H]1O[C@H](Cn2cc(Cc3ccccc3)nn2)[C@@H](O)[C@@H]1O. The van der Waals surface area contributed by atoms with Gasteiger partial charge in [-0.25, -0.2) is 4.68 Å². The molecule has 118 valence electrons. The predicted octanol–water partition coefficient (Wildman–Crippen LogP) is -0.0380. The van der Waals surface area contributed by atoms with E-state index in [0.29, 0.717) is 13.0 Å². The van der Waals surface area contributed by atoms with Crippen LogP contribution < -0.4 is 0 Å². The van der Waals surface area contributed by atoms with Crippen LogP contribution in [0.3, 0.4) is 0 Å². The van der Waals surface area contributed by atoms with Gasteiger partial charge in [0.05, 0.1) is 12.2 Å². The largest absolute Gasteiger partial charge is 0.387 e. The quantitative estimate of drug-likeness (QED) is 0.806. The molecule has 2 N–H and O–H groups in total. The van der Waals surface area contributed by atoms with Crippen LogP contribution >= 0.6 is 0 Å². The highest BCUT2D eigenvalue weighted by molar-refractivity contribution is 5.19. The summed E-state index contributed by atoms with van der Waals surface area (Å²) in [7, 11) is 1.43. The normalized spacial score (nSPS) is 28.1. The molecule has 22 heavy (non-hydrogen) atoms. The maximum Gasteiger partial charge on any atom is 0.186 e. The summed E-state index contributed by atoms with van der Waals surface area (Å²) < 4.78 is 12.0. The fraction of sp³-hybridized carbons (Fsp3) is 0.467. The van der Waals surface area contributed by atoms with E-state index in [0.717, 1.165) is 11.3 Å². The van der Waals surface area contributed by atoms with Gasteiger partial charge >= 0.3 is 0 Å². The highest BCUT2D eigenvalue weighted by Crippen LogP contribution is 2.22. The standard InChI is InChI=1S/C15H19N3O4/c1-21-15-14(20)13(19)12(22-15)9-18-8-11(16-17-18)7-10-5-3-2-4-6-10/h2-6,8,12-15,19-20H,7,9H2,1H3/t12-,13-,14+,15+/m1/s1. The summed E-state index contributed by atoms with van der Waals surface area (Å²) in [5, 5.41) is 27.9. The van der Waals surface area contributed by atoms with E-state index in [-0.39, 0.29) is 0 Å². The average Bonchev–Trinajstić information content (AvgIpc) is 3.08. The van der Waals surface area contributed by atoms with Crippen LogP contribution in [-0.4, -0.2) is 56.9 Å². The highest BCUT2D eigenvalue weighted by atomic mass is 16.7. The van der Waals surface area contributed by atoms with Crippen molar-refractivity contribution in [2.45, 2.75) is 37.6 Å². The first-order chi connectivity index (χ1) is 10.7. The molecule has 0 radical (unpaired) electrons. The molecule has 0 saturated carbocycles. The predicted molar refractivity (Wildman–Crippen MR) is 77.0 cm³/mol. The van der Waals surface area contributed by atoms with Gasteiger partial charge in [-0.2, -0.15) is 0 Å². The van der Waals surface area contributed by atoms with Gasteiger partial charge in [0.1, 0.15) is 18.3 Å². The zero-order chi connectivity index (χ0) is 15.5. The lowest BCUT2D eigenvalue weighted by atomic mass is 10.1. The second-order valence-electron chi connectivity index (χ2n) is 5.35. The maximum atomic E-state index is 9.95. The van der Waals surface area contributed by atoms with Gasteiger partial charge in [-0.15, -0.1) is 5.10 Å². The van der Waals surface area contributed by atoms with Gasteiger partial charge < -0.3 is 19.7 Å². The van der Waals surface area contributed by atoms with Crippen molar-refractivity contribution in [2.75, 3.05) is 7.11 Å². The molecule has 1 saturated heterocycles. The zero-order valence-corrected chi connectivity index (χ0v) is 12.2. The molecule has 7 heteroatoms. The Labute approximate surface area is 128 Å². The summed E-state index contributed by atoms with van der Waals surface area (Å²) in [6, 6.07) is 9.99. The number of aliphatic hydroxyl groups is 2. The Morgan fingerprint density at radius 3 is 2.68 bits per heavy atom. The van der Waals surface area contributed by atoms with E-state index in [1.54, 1.807) is 4.68 Å². The Bertz CT molecular complexity index is 604. The summed E-state index contributed by atoms with van der Waals surface area (Å²) in [4.78, 5) is 0. The molecule has 0 amide bonds. The molecule has 2 heterocycles. The molecule has 0 spiro atoms. The van der Waals surface area contributed by atoms with Crippen LogP contribution in [0.4, 0.5) is 0 Å². The molecular weight excluding hydrogens is 286 g/mol. The Hall–Kier alpha value is -1.80. The smallest absolute Gasteiger partial charge is 0.186 e. The number of methoxy groups -OCH3 is 1. The van der Waals surface area contributed by atoms with E-state index in [1.807, 2.05) is 36.5 Å². The van der Waals surface area contributed by atoms with Crippen molar-refractivity contribution in [1.29, 1.82) is 0 Å². The Morgan fingerprint density at radius 2 is 2.00 bits per heavy atom. The fourth-order valence-electron chi connectivity index (χ4n) is 2.56. The second-order valence-corrected chi connectivity index (χ2v) is 5.35. The number of benzene rings is 1. The number of rotatable bonds is 5. The van der Waals surface area contributed by atoms with E-state index in [2.05, 4.69) is 10.3 Å². The van der Waals surface area contributed by atoms with Gasteiger partial charge in [0.15, 0.2) is 6.29 Å². The lowest BCUT2D eigenvalue weighted by Gasteiger charge is -2.13. The summed E-state index contributed by atoms with van der Waals surface area (Å²) in [5.74, 6) is 0. The molecule has 1 aliphatic heterocycles. The molecule has 0 aliphatic carbocycles. The number of hydrogen-bond acceptors (Lipinski definition) is 6. The minimum atomic E-state index is -1.05. The van der Waals surface area contributed by atoms with Gasteiger partial charge in [0.2, 0.25) is 0 Å². The topological polar surface area (TPSA) is 89.6 Å². The van der Waals surface area contributed by atoms with Crippen molar-refractivity contribution in [3.63, 3.8) is 0 Å². The molecule has 3 rings (SSSR count). The molecular formula is C15H19N3O4. The van der Waals surface area contributed by atoms with Crippen LogP contribution in [0.5, 0.6) is 0 Å². The third-order valence-electron chi connectivity index (χ3n) is 3.73. The third-order valence-corrected chi connectivity index (χ3v) is 3.73. The van der Waals surface area contributed by atoms with Crippen LogP contribution in [0, 0.1) is 0 Å². The minimum Gasteiger partial charge on any atom is -0.387 e. The maximum absolute atomic E-state index is 9.95. The van der Waals surface area contributed by atoms with E-state index in [4.69, 9.17) is 9.47 Å². The van der Waals surface area contributed by atoms with Gasteiger partial charge in [-0.05, 0) is 5.56 Å². The highest BCUT2D eigenvalue weighted by Gasteiger charge is 2.43. The van der Waals surface area contributed by atoms with Crippen molar-refractivity contribution in [3.05, 3.63) is 47.8 Å². The third kappa shape index (κ3) is 3.17. The molecule has 2 aromatic rings. The van der Waals surface area contributed by atoms with E-state index in [1.165, 1.54) is 7.11 Å². The van der Waals surface area contributed by atoms with Crippen LogP contribution in [-0.2, 0) is 22.4 Å². The molecule has 7 nitrogen and oxygen atoms in total. The summed E-state index contributed by atoms with van der Waals surface area (Å²) in [6.45, 7) is 0.305. The summed E-state index contributed by atoms with van der Waals surface area (Å²) >= 11 is 0. The summed E-state index contributed by atoms with van der Waals surface area (Å²) in [6.07, 6.45) is -0.944. The van der Waals surface area contributed by atoms with Crippen molar-refractivity contribution in [2.24, 2.45) is 0 Å². The monoisotopic (exact) mass is 305 g/mol.